The number of halogens is 1. The van der Waals surface area contributed by atoms with Gasteiger partial charge in [0.2, 0.25) is 5.91 Å². The molecule has 0 spiro atoms. The predicted molar refractivity (Wildman–Crippen MR) is 71.6 cm³/mol. The smallest absolute Gasteiger partial charge is 0.224 e. The molecule has 1 heterocycles. The lowest BCUT2D eigenvalue weighted by Crippen LogP contribution is -2.11. The van der Waals surface area contributed by atoms with Crippen LogP contribution in [0.1, 0.15) is 18.5 Å². The van der Waals surface area contributed by atoms with Crippen LogP contribution in [-0.4, -0.2) is 16.8 Å². The van der Waals surface area contributed by atoms with Gasteiger partial charge in [0.1, 0.15) is 0 Å². The number of aromatic nitrogens is 1. The lowest BCUT2D eigenvalue weighted by Gasteiger charge is -2.05. The molecule has 0 aliphatic carbocycles. The normalized spacial score (nSPS) is 10.7. The third kappa shape index (κ3) is 2.80. The van der Waals surface area contributed by atoms with Gasteiger partial charge < -0.3 is 10.3 Å². The number of aryl methyl sites for hydroxylation is 1. The number of benzene rings is 1. The van der Waals surface area contributed by atoms with Gasteiger partial charge in [0.05, 0.1) is 5.69 Å². The Morgan fingerprint density at radius 1 is 1.47 bits per heavy atom. The molecule has 3 nitrogen and oxygen atoms in total. The van der Waals surface area contributed by atoms with Gasteiger partial charge in [-0.15, -0.1) is 11.6 Å². The zero-order valence-electron chi connectivity index (χ0n) is 9.72. The minimum Gasteiger partial charge on any atom is -0.359 e. The first kappa shape index (κ1) is 12.0. The number of carbonyl (C=O) groups is 1. The van der Waals surface area contributed by atoms with Gasteiger partial charge >= 0.3 is 0 Å². The number of fused-ring (bicyclic) bond motifs is 1. The highest BCUT2D eigenvalue weighted by Gasteiger charge is 2.06. The van der Waals surface area contributed by atoms with E-state index in [9.17, 15) is 4.79 Å². The number of nitrogens with one attached hydrogen (secondary N) is 2. The number of carbonyl (C=O) groups excluding carboxylic acids is 1. The van der Waals surface area contributed by atoms with Crippen molar-refractivity contribution in [1.82, 2.24) is 4.98 Å². The number of hydrogen-bond donors (Lipinski definition) is 2. The second kappa shape index (κ2) is 5.23. The number of anilines is 1. The van der Waals surface area contributed by atoms with Gasteiger partial charge in [-0.1, -0.05) is 6.07 Å². The van der Waals surface area contributed by atoms with Crippen molar-refractivity contribution in [3.63, 3.8) is 0 Å². The molecule has 1 aromatic heterocycles. The first-order valence-electron chi connectivity index (χ1n) is 5.65. The van der Waals surface area contributed by atoms with E-state index in [2.05, 4.69) is 10.3 Å². The Morgan fingerprint density at radius 2 is 2.29 bits per heavy atom. The van der Waals surface area contributed by atoms with Crippen LogP contribution in [0.15, 0.2) is 24.3 Å². The highest BCUT2D eigenvalue weighted by atomic mass is 35.5. The molecule has 0 aliphatic rings. The third-order valence-corrected chi connectivity index (χ3v) is 2.88. The van der Waals surface area contributed by atoms with Crippen LogP contribution >= 0.6 is 11.6 Å². The van der Waals surface area contributed by atoms with E-state index in [0.29, 0.717) is 18.7 Å². The van der Waals surface area contributed by atoms with Gasteiger partial charge in [-0.2, -0.15) is 0 Å². The van der Waals surface area contributed by atoms with E-state index in [4.69, 9.17) is 11.6 Å². The van der Waals surface area contributed by atoms with E-state index in [0.717, 1.165) is 22.3 Å². The fourth-order valence-electron chi connectivity index (χ4n) is 1.84. The maximum atomic E-state index is 11.6. The van der Waals surface area contributed by atoms with E-state index >= 15 is 0 Å². The number of hydrogen-bond acceptors (Lipinski definition) is 1. The molecule has 0 aliphatic heterocycles. The number of amides is 1. The molecule has 2 rings (SSSR count). The van der Waals surface area contributed by atoms with Crippen LogP contribution in [0.3, 0.4) is 0 Å². The molecular weight excluding hydrogens is 236 g/mol. The molecule has 17 heavy (non-hydrogen) atoms. The molecule has 0 radical (unpaired) electrons. The molecule has 1 amide bonds. The monoisotopic (exact) mass is 250 g/mol. The summed E-state index contributed by atoms with van der Waals surface area (Å²) in [5.41, 5.74) is 2.98. The van der Waals surface area contributed by atoms with E-state index in [1.165, 1.54) is 0 Å². The molecular formula is C13H15ClN2O. The molecule has 0 saturated carbocycles. The van der Waals surface area contributed by atoms with Crippen molar-refractivity contribution in [2.45, 2.75) is 19.8 Å². The molecule has 2 N–H and O–H groups in total. The average Bonchev–Trinajstić information content (AvgIpc) is 2.68. The highest BCUT2D eigenvalue weighted by molar-refractivity contribution is 6.18. The van der Waals surface area contributed by atoms with E-state index in [1.807, 2.05) is 31.2 Å². The van der Waals surface area contributed by atoms with Crippen molar-refractivity contribution in [3.05, 3.63) is 30.0 Å². The Labute approximate surface area is 105 Å². The van der Waals surface area contributed by atoms with Gasteiger partial charge in [0.15, 0.2) is 0 Å². The van der Waals surface area contributed by atoms with Crippen LogP contribution < -0.4 is 5.32 Å². The van der Waals surface area contributed by atoms with Crippen LogP contribution in [0.25, 0.3) is 10.9 Å². The number of alkyl halides is 1. The Balaban J connectivity index is 2.20. The van der Waals surface area contributed by atoms with Crippen molar-refractivity contribution in [1.29, 1.82) is 0 Å². The summed E-state index contributed by atoms with van der Waals surface area (Å²) in [5, 5.41) is 3.96. The Morgan fingerprint density at radius 3 is 3.06 bits per heavy atom. The van der Waals surface area contributed by atoms with Crippen molar-refractivity contribution >= 4 is 34.1 Å². The minimum absolute atomic E-state index is 0.0111. The molecule has 0 saturated heterocycles. The lowest BCUT2D eigenvalue weighted by atomic mass is 10.2. The van der Waals surface area contributed by atoms with Crippen molar-refractivity contribution < 1.29 is 4.79 Å². The minimum atomic E-state index is 0.0111. The predicted octanol–water partition coefficient (Wildman–Crippen LogP) is 3.43. The zero-order valence-corrected chi connectivity index (χ0v) is 10.5. The maximum Gasteiger partial charge on any atom is 0.224 e. The second-order valence-electron chi connectivity index (χ2n) is 4.06. The van der Waals surface area contributed by atoms with Gasteiger partial charge in [-0.25, -0.2) is 0 Å². The lowest BCUT2D eigenvalue weighted by molar-refractivity contribution is -0.116. The van der Waals surface area contributed by atoms with Crippen molar-refractivity contribution in [2.75, 3.05) is 11.2 Å². The molecule has 0 fully saturated rings. The quantitative estimate of drug-likeness (QED) is 0.803. The zero-order chi connectivity index (χ0) is 12.3. The maximum absolute atomic E-state index is 11.6. The average molecular weight is 251 g/mol. The molecule has 0 atom stereocenters. The molecule has 1 aromatic carbocycles. The van der Waals surface area contributed by atoms with Gasteiger partial charge in [-0.3, -0.25) is 4.79 Å². The van der Waals surface area contributed by atoms with Crippen molar-refractivity contribution in [2.24, 2.45) is 0 Å². The fraction of sp³-hybridized carbons (Fsp3) is 0.308. The van der Waals surface area contributed by atoms with Crippen LogP contribution in [0.4, 0.5) is 5.69 Å². The first-order chi connectivity index (χ1) is 8.20. The highest BCUT2D eigenvalue weighted by Crippen LogP contribution is 2.24. The Kier molecular flexibility index (Phi) is 3.69. The number of H-pyrrole nitrogens is 1. The summed E-state index contributed by atoms with van der Waals surface area (Å²) in [6.07, 6.45) is 1.17. The van der Waals surface area contributed by atoms with Gasteiger partial charge in [0.25, 0.3) is 0 Å². The molecule has 90 valence electrons. The summed E-state index contributed by atoms with van der Waals surface area (Å²) in [6, 6.07) is 7.87. The fourth-order valence-corrected chi connectivity index (χ4v) is 1.98. The summed E-state index contributed by atoms with van der Waals surface area (Å²) in [6.45, 7) is 2.00. The van der Waals surface area contributed by atoms with Crippen LogP contribution in [0, 0.1) is 6.92 Å². The number of rotatable bonds is 4. The Bertz CT molecular complexity index is 533. The summed E-state index contributed by atoms with van der Waals surface area (Å²) in [5.74, 6) is 0.526. The molecule has 0 bridgehead atoms. The summed E-state index contributed by atoms with van der Waals surface area (Å²) in [7, 11) is 0. The first-order valence-corrected chi connectivity index (χ1v) is 6.18. The summed E-state index contributed by atoms with van der Waals surface area (Å²) >= 11 is 5.56. The van der Waals surface area contributed by atoms with E-state index in [1.54, 1.807) is 0 Å². The van der Waals surface area contributed by atoms with Gasteiger partial charge in [0, 0.05) is 28.9 Å². The SMILES string of the molecule is Cc1cc2c(NC(=O)CCCCl)cccc2[nH]1. The Hall–Kier alpha value is -1.48. The van der Waals surface area contributed by atoms with Crippen LogP contribution in [0.5, 0.6) is 0 Å². The van der Waals surface area contributed by atoms with Crippen LogP contribution in [-0.2, 0) is 4.79 Å². The van der Waals surface area contributed by atoms with Gasteiger partial charge in [-0.05, 0) is 31.5 Å². The van der Waals surface area contributed by atoms with Crippen LogP contribution in [0.2, 0.25) is 0 Å². The summed E-state index contributed by atoms with van der Waals surface area (Å²) in [4.78, 5) is 14.9. The molecule has 2 aromatic rings. The number of aromatic amines is 1. The molecule has 4 heteroatoms. The summed E-state index contributed by atoms with van der Waals surface area (Å²) < 4.78 is 0. The van der Waals surface area contributed by atoms with Crippen molar-refractivity contribution in [3.8, 4) is 0 Å². The van der Waals surface area contributed by atoms with E-state index < -0.39 is 0 Å². The molecule has 0 unspecified atom stereocenters. The second-order valence-corrected chi connectivity index (χ2v) is 4.44. The topological polar surface area (TPSA) is 44.9 Å². The largest absolute Gasteiger partial charge is 0.359 e. The standard InChI is InChI=1S/C13H15ClN2O/c1-9-8-10-11(15-9)4-2-5-12(10)16-13(17)6-3-7-14/h2,4-5,8,15H,3,6-7H2,1H3,(H,16,17). The van der Waals surface area contributed by atoms with E-state index in [-0.39, 0.29) is 5.91 Å². The third-order valence-electron chi connectivity index (χ3n) is 2.61.